The zero-order valence-electron chi connectivity index (χ0n) is 18.2. The van der Waals surface area contributed by atoms with Gasteiger partial charge in [0.25, 0.3) is 0 Å². The van der Waals surface area contributed by atoms with E-state index in [1.165, 1.54) is 7.11 Å². The minimum absolute atomic E-state index is 0.220. The molecule has 7 heteroatoms. The fraction of sp³-hybridized carbons (Fsp3) is 0.591. The van der Waals surface area contributed by atoms with Gasteiger partial charge in [0.1, 0.15) is 17.7 Å². The van der Waals surface area contributed by atoms with Crippen LogP contribution in [0.15, 0.2) is 30.3 Å². The molecule has 0 aliphatic carbocycles. The van der Waals surface area contributed by atoms with E-state index < -0.39 is 35.8 Å². The number of alkyl carbamates (subject to hydrolysis) is 1. The van der Waals surface area contributed by atoms with E-state index in [2.05, 4.69) is 16.7 Å². The van der Waals surface area contributed by atoms with Crippen LogP contribution in [0.3, 0.4) is 0 Å². The fourth-order valence-electron chi connectivity index (χ4n) is 2.89. The van der Waals surface area contributed by atoms with Crippen molar-refractivity contribution in [3.8, 4) is 6.07 Å². The van der Waals surface area contributed by atoms with Crippen molar-refractivity contribution >= 4 is 12.1 Å². The monoisotopic (exact) mass is 403 g/mol. The first-order valence-electron chi connectivity index (χ1n) is 9.82. The summed E-state index contributed by atoms with van der Waals surface area (Å²) in [5.74, 6) is -0.216. The van der Waals surface area contributed by atoms with Crippen LogP contribution in [-0.2, 0) is 20.7 Å². The smallest absolute Gasteiger partial charge is 0.407 e. The Morgan fingerprint density at radius 3 is 2.28 bits per heavy atom. The van der Waals surface area contributed by atoms with Gasteiger partial charge in [0.15, 0.2) is 0 Å². The van der Waals surface area contributed by atoms with E-state index in [0.717, 1.165) is 5.56 Å². The van der Waals surface area contributed by atoms with Gasteiger partial charge in [-0.05, 0) is 45.1 Å². The van der Waals surface area contributed by atoms with Crippen LogP contribution < -0.4 is 10.6 Å². The maximum atomic E-state index is 12.4. The number of amides is 1. The van der Waals surface area contributed by atoms with Gasteiger partial charge in [0.2, 0.25) is 0 Å². The Bertz CT molecular complexity index is 692. The van der Waals surface area contributed by atoms with Crippen LogP contribution in [0.25, 0.3) is 0 Å². The summed E-state index contributed by atoms with van der Waals surface area (Å²) in [5.41, 5.74) is 0.289. The highest BCUT2D eigenvalue weighted by atomic mass is 16.6. The Labute approximate surface area is 173 Å². The Hall–Kier alpha value is -2.59. The quantitative estimate of drug-likeness (QED) is 0.614. The molecule has 0 aliphatic rings. The number of rotatable bonds is 9. The average Bonchev–Trinajstić information content (AvgIpc) is 2.63. The van der Waals surface area contributed by atoms with Gasteiger partial charge in [-0.2, -0.15) is 5.26 Å². The van der Waals surface area contributed by atoms with Crippen molar-refractivity contribution in [3.63, 3.8) is 0 Å². The molecule has 0 saturated heterocycles. The van der Waals surface area contributed by atoms with Crippen LogP contribution in [0, 0.1) is 17.2 Å². The Balaban J connectivity index is 3.06. The Morgan fingerprint density at radius 1 is 1.17 bits per heavy atom. The number of ether oxygens (including phenoxy) is 2. The molecule has 0 spiro atoms. The number of hydrogen-bond donors (Lipinski definition) is 2. The van der Waals surface area contributed by atoms with Gasteiger partial charge in [-0.1, -0.05) is 44.2 Å². The number of carbonyl (C=O) groups is 2. The molecule has 2 N–H and O–H groups in total. The Morgan fingerprint density at radius 2 is 1.79 bits per heavy atom. The third-order valence-electron chi connectivity index (χ3n) is 4.12. The van der Waals surface area contributed by atoms with Gasteiger partial charge in [0, 0.05) is 0 Å². The van der Waals surface area contributed by atoms with Crippen LogP contribution in [-0.4, -0.2) is 42.9 Å². The largest absolute Gasteiger partial charge is 0.468 e. The van der Waals surface area contributed by atoms with Gasteiger partial charge in [-0.15, -0.1) is 0 Å². The summed E-state index contributed by atoms with van der Waals surface area (Å²) < 4.78 is 10.2. The molecular formula is C22H33N3O4. The first-order valence-corrected chi connectivity index (χ1v) is 9.82. The lowest BCUT2D eigenvalue weighted by molar-refractivity contribution is -0.143. The third-order valence-corrected chi connectivity index (χ3v) is 4.12. The number of methoxy groups -OCH3 is 1. The number of nitriles is 1. The number of nitrogens with zero attached hydrogens (tertiary/aromatic N) is 1. The van der Waals surface area contributed by atoms with Gasteiger partial charge < -0.3 is 14.8 Å². The van der Waals surface area contributed by atoms with Gasteiger partial charge >= 0.3 is 12.1 Å². The van der Waals surface area contributed by atoms with Crippen molar-refractivity contribution in [1.82, 2.24) is 10.6 Å². The minimum Gasteiger partial charge on any atom is -0.468 e. The van der Waals surface area contributed by atoms with E-state index in [-0.39, 0.29) is 5.92 Å². The molecule has 0 fully saturated rings. The lowest BCUT2D eigenvalue weighted by atomic mass is 9.97. The van der Waals surface area contributed by atoms with Crippen LogP contribution in [0.5, 0.6) is 0 Å². The Kier molecular flexibility index (Phi) is 9.63. The number of nitrogens with one attached hydrogen (secondary N) is 2. The molecule has 29 heavy (non-hydrogen) atoms. The molecule has 1 rings (SSSR count). The van der Waals surface area contributed by atoms with Crippen molar-refractivity contribution in [1.29, 1.82) is 5.26 Å². The SMILES string of the molecule is COC(=O)[C@H](CC(C)C)NC(C#N)[C@H](Cc1ccccc1)NC(=O)OC(C)(C)C. The lowest BCUT2D eigenvalue weighted by Gasteiger charge is -2.29. The fourth-order valence-corrected chi connectivity index (χ4v) is 2.89. The van der Waals surface area contributed by atoms with Crippen molar-refractivity contribution in [2.24, 2.45) is 5.92 Å². The van der Waals surface area contributed by atoms with Gasteiger partial charge in [-0.3, -0.25) is 10.1 Å². The maximum absolute atomic E-state index is 12.4. The molecule has 3 atom stereocenters. The highest BCUT2D eigenvalue weighted by molar-refractivity contribution is 5.75. The van der Waals surface area contributed by atoms with Crippen LogP contribution in [0.4, 0.5) is 4.79 Å². The second kappa shape index (κ2) is 11.4. The van der Waals surface area contributed by atoms with Crippen LogP contribution >= 0.6 is 0 Å². The van der Waals surface area contributed by atoms with Crippen molar-refractivity contribution < 1.29 is 19.1 Å². The number of carbonyl (C=O) groups excluding carboxylic acids is 2. The van der Waals surface area contributed by atoms with Crippen LogP contribution in [0.1, 0.15) is 46.6 Å². The summed E-state index contributed by atoms with van der Waals surface area (Å²) in [7, 11) is 1.32. The van der Waals surface area contributed by atoms with E-state index in [1.54, 1.807) is 20.8 Å². The highest BCUT2D eigenvalue weighted by Crippen LogP contribution is 2.13. The highest BCUT2D eigenvalue weighted by Gasteiger charge is 2.31. The van der Waals surface area contributed by atoms with Crippen molar-refractivity contribution in [3.05, 3.63) is 35.9 Å². The molecule has 7 nitrogen and oxygen atoms in total. The molecule has 160 valence electrons. The first kappa shape index (κ1) is 24.4. The number of hydrogen-bond acceptors (Lipinski definition) is 6. The normalized spacial score (nSPS) is 14.4. The number of esters is 1. The van der Waals surface area contributed by atoms with E-state index in [0.29, 0.717) is 12.8 Å². The van der Waals surface area contributed by atoms with E-state index in [4.69, 9.17) is 9.47 Å². The molecule has 0 saturated carbocycles. The summed E-state index contributed by atoms with van der Waals surface area (Å²) in [4.78, 5) is 24.6. The number of benzene rings is 1. The molecule has 1 aromatic rings. The summed E-state index contributed by atoms with van der Waals surface area (Å²) >= 11 is 0. The first-order chi connectivity index (χ1) is 13.6. The summed E-state index contributed by atoms with van der Waals surface area (Å²) in [6.07, 6.45) is 0.301. The summed E-state index contributed by atoms with van der Waals surface area (Å²) in [6.45, 7) is 9.29. The second-order valence-electron chi connectivity index (χ2n) is 8.42. The maximum Gasteiger partial charge on any atom is 0.407 e. The molecular weight excluding hydrogens is 370 g/mol. The minimum atomic E-state index is -0.814. The molecule has 1 amide bonds. The molecule has 0 bridgehead atoms. The summed E-state index contributed by atoms with van der Waals surface area (Å²) in [6, 6.07) is 9.65. The zero-order valence-corrected chi connectivity index (χ0v) is 18.2. The predicted octanol–water partition coefficient (Wildman–Crippen LogP) is 3.19. The zero-order chi connectivity index (χ0) is 22.0. The van der Waals surface area contributed by atoms with E-state index in [9.17, 15) is 14.9 Å². The topological polar surface area (TPSA) is 100 Å². The van der Waals surface area contributed by atoms with Gasteiger partial charge in [-0.25, -0.2) is 4.79 Å². The molecule has 0 heterocycles. The van der Waals surface area contributed by atoms with Crippen molar-refractivity contribution in [2.75, 3.05) is 7.11 Å². The molecule has 1 aromatic carbocycles. The third kappa shape index (κ3) is 9.44. The predicted molar refractivity (Wildman–Crippen MR) is 111 cm³/mol. The van der Waals surface area contributed by atoms with Crippen LogP contribution in [0.2, 0.25) is 0 Å². The molecule has 1 unspecified atom stereocenters. The molecule has 0 aliphatic heterocycles. The average molecular weight is 404 g/mol. The molecule has 0 radical (unpaired) electrons. The van der Waals surface area contributed by atoms with Crippen molar-refractivity contribution in [2.45, 2.75) is 71.2 Å². The van der Waals surface area contributed by atoms with E-state index >= 15 is 0 Å². The molecule has 0 aromatic heterocycles. The second-order valence-corrected chi connectivity index (χ2v) is 8.42. The van der Waals surface area contributed by atoms with Gasteiger partial charge in [0.05, 0.1) is 19.2 Å². The standard InChI is InChI=1S/C22H33N3O4/c1-15(2)12-18(20(26)28-6)24-19(14-23)17(13-16-10-8-7-9-11-16)25-21(27)29-22(3,4)5/h7-11,15,17-19,24H,12-13H2,1-6H3,(H,25,27)/t17-,18-,19?/m0/s1. The lowest BCUT2D eigenvalue weighted by Crippen LogP contribution is -2.55. The summed E-state index contributed by atoms with van der Waals surface area (Å²) in [5, 5.41) is 15.7. The van der Waals surface area contributed by atoms with E-state index in [1.807, 2.05) is 44.2 Å².